The molecular formula is C17H25NO6. The Hall–Kier alpha value is -1.67. The van der Waals surface area contributed by atoms with Gasteiger partial charge in [-0.25, -0.2) is 4.79 Å². The number of hydrogen-bond acceptors (Lipinski definition) is 6. The summed E-state index contributed by atoms with van der Waals surface area (Å²) >= 11 is 0. The third kappa shape index (κ3) is 4.67. The monoisotopic (exact) mass is 339 g/mol. The highest BCUT2D eigenvalue weighted by atomic mass is 16.6. The fourth-order valence-electron chi connectivity index (χ4n) is 2.49. The second-order valence-electron chi connectivity index (χ2n) is 5.74. The van der Waals surface area contributed by atoms with Crippen molar-refractivity contribution in [1.82, 2.24) is 4.90 Å². The van der Waals surface area contributed by atoms with Crippen LogP contribution in [0.3, 0.4) is 0 Å². The molecule has 0 aliphatic carbocycles. The highest BCUT2D eigenvalue weighted by Crippen LogP contribution is 2.23. The summed E-state index contributed by atoms with van der Waals surface area (Å²) in [5, 5.41) is 20.2. The molecule has 134 valence electrons. The van der Waals surface area contributed by atoms with E-state index in [1.54, 1.807) is 6.92 Å². The lowest BCUT2D eigenvalue weighted by Gasteiger charge is -2.34. The minimum Gasteiger partial charge on any atom is -0.447 e. The van der Waals surface area contributed by atoms with E-state index >= 15 is 0 Å². The van der Waals surface area contributed by atoms with Crippen LogP contribution in [0.1, 0.15) is 25.8 Å². The smallest absolute Gasteiger partial charge is 0.412 e. The van der Waals surface area contributed by atoms with E-state index in [0.29, 0.717) is 13.0 Å². The molecule has 1 heterocycles. The molecule has 0 aromatic heterocycles. The minimum absolute atomic E-state index is 0.0495. The minimum atomic E-state index is -1.36. The van der Waals surface area contributed by atoms with E-state index in [0.717, 1.165) is 5.56 Å². The van der Waals surface area contributed by atoms with Crippen LogP contribution in [0, 0.1) is 0 Å². The number of ether oxygens (including phenoxy) is 3. The van der Waals surface area contributed by atoms with Gasteiger partial charge in [0.05, 0.1) is 18.8 Å². The second kappa shape index (κ2) is 8.98. The molecule has 1 aliphatic heterocycles. The summed E-state index contributed by atoms with van der Waals surface area (Å²) in [6.45, 7) is 4.05. The first-order valence-electron chi connectivity index (χ1n) is 8.13. The van der Waals surface area contributed by atoms with Crippen LogP contribution in [0.25, 0.3) is 0 Å². The lowest BCUT2D eigenvalue weighted by atomic mass is 10.1. The number of aliphatic hydroxyl groups excluding tert-OH is 2. The maximum Gasteiger partial charge on any atom is 0.412 e. The van der Waals surface area contributed by atoms with Crippen LogP contribution in [-0.2, 0) is 20.8 Å². The van der Waals surface area contributed by atoms with E-state index in [4.69, 9.17) is 14.2 Å². The zero-order chi connectivity index (χ0) is 17.5. The first-order valence-corrected chi connectivity index (χ1v) is 8.13. The fraction of sp³-hybridized carbons (Fsp3) is 0.588. The van der Waals surface area contributed by atoms with Crippen LogP contribution in [-0.4, -0.2) is 59.1 Å². The topological polar surface area (TPSA) is 88.5 Å². The third-order valence-electron chi connectivity index (χ3n) is 3.78. The number of aliphatic hydroxyl groups is 2. The molecule has 0 bridgehead atoms. The summed E-state index contributed by atoms with van der Waals surface area (Å²) in [4.78, 5) is 13.2. The van der Waals surface area contributed by atoms with E-state index in [-0.39, 0.29) is 13.2 Å². The maximum atomic E-state index is 12.0. The Bertz CT molecular complexity index is 509. The van der Waals surface area contributed by atoms with E-state index < -0.39 is 30.8 Å². The molecule has 24 heavy (non-hydrogen) atoms. The summed E-state index contributed by atoms with van der Waals surface area (Å²) in [6, 6.07) is 8.79. The normalized spacial score (nSPS) is 21.4. The van der Waals surface area contributed by atoms with Crippen LogP contribution in [0.4, 0.5) is 4.79 Å². The van der Waals surface area contributed by atoms with Gasteiger partial charge in [0, 0.05) is 6.61 Å². The molecule has 3 unspecified atom stereocenters. The van der Waals surface area contributed by atoms with Crippen LogP contribution in [0.2, 0.25) is 0 Å². The van der Waals surface area contributed by atoms with Gasteiger partial charge in [-0.05, 0) is 18.9 Å². The van der Waals surface area contributed by atoms with Crippen molar-refractivity contribution in [3.8, 4) is 0 Å². The first-order chi connectivity index (χ1) is 11.5. The summed E-state index contributed by atoms with van der Waals surface area (Å²) < 4.78 is 16.1. The standard InChI is InChI=1S/C17H25NO6/c1-3-9-22-15(18-14(12(2)19)11-24-17(18)21)16(20)23-10-13-7-5-4-6-8-13/h4-8,12,14-16,19-20H,3,9-11H2,1-2H3/t12?,14?,15?,16-/m0/s1. The molecule has 1 aromatic carbocycles. The Labute approximate surface area is 141 Å². The van der Waals surface area contributed by atoms with Crippen LogP contribution < -0.4 is 0 Å². The number of carbonyl (C=O) groups is 1. The molecule has 7 nitrogen and oxygen atoms in total. The Balaban J connectivity index is 2.06. The molecule has 1 aliphatic rings. The molecule has 1 amide bonds. The Kier molecular flexibility index (Phi) is 6.99. The average Bonchev–Trinajstić information content (AvgIpc) is 2.96. The number of benzene rings is 1. The summed E-state index contributed by atoms with van der Waals surface area (Å²) in [6.07, 6.45) is -3.13. The molecule has 2 rings (SSSR count). The van der Waals surface area contributed by atoms with Crippen molar-refractivity contribution < 1.29 is 29.2 Å². The number of carbonyl (C=O) groups excluding carboxylic acids is 1. The van der Waals surface area contributed by atoms with Crippen LogP contribution >= 0.6 is 0 Å². The molecule has 1 fully saturated rings. The van der Waals surface area contributed by atoms with Gasteiger partial charge in [-0.15, -0.1) is 0 Å². The van der Waals surface area contributed by atoms with Crippen LogP contribution in [0.5, 0.6) is 0 Å². The molecule has 0 saturated carbocycles. The summed E-state index contributed by atoms with van der Waals surface area (Å²) in [5.41, 5.74) is 0.891. The SMILES string of the molecule is CCCOC([C@@H](O)OCc1ccccc1)N1C(=O)OCC1C(C)O. The van der Waals surface area contributed by atoms with Crippen molar-refractivity contribution in [2.24, 2.45) is 0 Å². The quantitative estimate of drug-likeness (QED) is 0.663. The number of nitrogens with zero attached hydrogens (tertiary/aromatic N) is 1. The molecule has 1 saturated heterocycles. The average molecular weight is 339 g/mol. The largest absolute Gasteiger partial charge is 0.447 e. The van der Waals surface area contributed by atoms with Gasteiger partial charge in [0.2, 0.25) is 6.29 Å². The van der Waals surface area contributed by atoms with Gasteiger partial charge in [0.15, 0.2) is 6.23 Å². The highest BCUT2D eigenvalue weighted by Gasteiger charge is 2.44. The van der Waals surface area contributed by atoms with Gasteiger partial charge in [-0.1, -0.05) is 37.3 Å². The zero-order valence-electron chi connectivity index (χ0n) is 14.0. The van der Waals surface area contributed by atoms with Gasteiger partial charge in [-0.3, -0.25) is 4.90 Å². The fourth-order valence-corrected chi connectivity index (χ4v) is 2.49. The van der Waals surface area contributed by atoms with E-state index in [2.05, 4.69) is 0 Å². The van der Waals surface area contributed by atoms with E-state index in [9.17, 15) is 15.0 Å². The Morgan fingerprint density at radius 2 is 2.00 bits per heavy atom. The van der Waals surface area contributed by atoms with Gasteiger partial charge < -0.3 is 24.4 Å². The molecular weight excluding hydrogens is 314 g/mol. The van der Waals surface area contributed by atoms with Gasteiger partial charge in [0.25, 0.3) is 0 Å². The maximum absolute atomic E-state index is 12.0. The van der Waals surface area contributed by atoms with Crippen molar-refractivity contribution in [3.63, 3.8) is 0 Å². The van der Waals surface area contributed by atoms with Crippen molar-refractivity contribution in [2.45, 2.75) is 51.5 Å². The number of cyclic esters (lactones) is 1. The lowest BCUT2D eigenvalue weighted by molar-refractivity contribution is -0.225. The van der Waals surface area contributed by atoms with Crippen LogP contribution in [0.15, 0.2) is 30.3 Å². The predicted molar refractivity (Wildman–Crippen MR) is 85.9 cm³/mol. The summed E-state index contributed by atoms with van der Waals surface area (Å²) in [7, 11) is 0. The lowest BCUT2D eigenvalue weighted by Crippen LogP contribution is -2.53. The van der Waals surface area contributed by atoms with Crippen molar-refractivity contribution in [2.75, 3.05) is 13.2 Å². The van der Waals surface area contributed by atoms with Crippen molar-refractivity contribution in [1.29, 1.82) is 0 Å². The van der Waals surface area contributed by atoms with Gasteiger partial charge >= 0.3 is 6.09 Å². The number of hydrogen-bond donors (Lipinski definition) is 2. The van der Waals surface area contributed by atoms with Crippen molar-refractivity contribution in [3.05, 3.63) is 35.9 Å². The molecule has 2 N–H and O–H groups in total. The second-order valence-corrected chi connectivity index (χ2v) is 5.74. The number of amides is 1. The summed E-state index contributed by atoms with van der Waals surface area (Å²) in [5.74, 6) is 0. The van der Waals surface area contributed by atoms with E-state index in [1.807, 2.05) is 37.3 Å². The predicted octanol–water partition coefficient (Wildman–Crippen LogP) is 1.48. The molecule has 0 spiro atoms. The first kappa shape index (κ1) is 18.7. The molecule has 4 atom stereocenters. The molecule has 1 aromatic rings. The third-order valence-corrected chi connectivity index (χ3v) is 3.78. The van der Waals surface area contributed by atoms with Gasteiger partial charge in [-0.2, -0.15) is 0 Å². The van der Waals surface area contributed by atoms with E-state index in [1.165, 1.54) is 4.90 Å². The highest BCUT2D eigenvalue weighted by molar-refractivity contribution is 5.70. The molecule has 7 heteroatoms. The van der Waals surface area contributed by atoms with Gasteiger partial charge in [0.1, 0.15) is 6.61 Å². The Morgan fingerprint density at radius 1 is 1.29 bits per heavy atom. The molecule has 0 radical (unpaired) electrons. The Morgan fingerprint density at radius 3 is 2.62 bits per heavy atom. The number of rotatable bonds is 9. The van der Waals surface area contributed by atoms with Crippen molar-refractivity contribution >= 4 is 6.09 Å². The zero-order valence-corrected chi connectivity index (χ0v) is 14.0.